The molecule has 11 heavy (non-hydrogen) atoms. The molecule has 0 atom stereocenters. The Hall–Kier alpha value is -1.15. The summed E-state index contributed by atoms with van der Waals surface area (Å²) >= 11 is 0. The van der Waals surface area contributed by atoms with Gasteiger partial charge in [0.25, 0.3) is 0 Å². The van der Waals surface area contributed by atoms with E-state index in [0.717, 1.165) is 17.4 Å². The summed E-state index contributed by atoms with van der Waals surface area (Å²) in [6.07, 6.45) is 0.784. The molecule has 1 N–H and O–H groups in total. The van der Waals surface area contributed by atoms with Gasteiger partial charge in [-0.2, -0.15) is 0 Å². The first-order chi connectivity index (χ1) is 5.26. The Kier molecular flexibility index (Phi) is 2.39. The second kappa shape index (κ2) is 3.30. The minimum atomic E-state index is -0.0114. The fourth-order valence-corrected chi connectivity index (χ4v) is 1.05. The van der Waals surface area contributed by atoms with Crippen LogP contribution >= 0.6 is 0 Å². The number of hydrogen-bond acceptors (Lipinski definition) is 2. The summed E-state index contributed by atoms with van der Waals surface area (Å²) in [7, 11) is 0. The Morgan fingerprint density at radius 3 is 2.73 bits per heavy atom. The molecule has 0 saturated carbocycles. The highest BCUT2D eigenvalue weighted by molar-refractivity contribution is 5.75. The Balaban J connectivity index is 3.11. The minimum absolute atomic E-state index is 0.0114. The zero-order valence-corrected chi connectivity index (χ0v) is 6.37. The van der Waals surface area contributed by atoms with E-state index in [4.69, 9.17) is 5.11 Å². The van der Waals surface area contributed by atoms with Crippen molar-refractivity contribution in [2.24, 2.45) is 0 Å². The van der Waals surface area contributed by atoms with Crippen LogP contribution in [0.15, 0.2) is 18.2 Å². The van der Waals surface area contributed by atoms with E-state index in [1.807, 2.05) is 13.0 Å². The summed E-state index contributed by atoms with van der Waals surface area (Å²) in [5, 5.41) is 8.77. The van der Waals surface area contributed by atoms with E-state index < -0.39 is 0 Å². The Morgan fingerprint density at radius 1 is 1.45 bits per heavy atom. The predicted octanol–water partition coefficient (Wildman–Crippen LogP) is 1.30. The van der Waals surface area contributed by atoms with E-state index in [9.17, 15) is 4.79 Å². The number of carbonyl (C=O) groups is 1. The van der Waals surface area contributed by atoms with Gasteiger partial charge in [0.05, 0.1) is 6.61 Å². The number of benzene rings is 1. The highest BCUT2D eigenvalue weighted by atomic mass is 16.3. The summed E-state index contributed by atoms with van der Waals surface area (Å²) in [5.41, 5.74) is 2.40. The maximum absolute atomic E-state index is 10.3. The first-order valence-corrected chi connectivity index (χ1v) is 3.43. The average molecular weight is 150 g/mol. The SMILES string of the molecule is Cc1cc(C=O)cc(CO)c1. The van der Waals surface area contributed by atoms with Gasteiger partial charge in [-0.3, -0.25) is 4.79 Å². The lowest BCUT2D eigenvalue weighted by Crippen LogP contribution is -1.88. The van der Waals surface area contributed by atoms with Crippen molar-refractivity contribution in [2.45, 2.75) is 13.5 Å². The smallest absolute Gasteiger partial charge is 0.150 e. The first-order valence-electron chi connectivity index (χ1n) is 3.43. The fourth-order valence-electron chi connectivity index (χ4n) is 1.05. The van der Waals surface area contributed by atoms with Gasteiger partial charge in [0, 0.05) is 5.56 Å². The molecule has 0 aliphatic heterocycles. The predicted molar refractivity (Wildman–Crippen MR) is 42.5 cm³/mol. The molecule has 0 heterocycles. The molecule has 0 aliphatic rings. The molecule has 0 radical (unpaired) electrons. The van der Waals surface area contributed by atoms with Crippen LogP contribution in [0.4, 0.5) is 0 Å². The normalized spacial score (nSPS) is 9.64. The second-order valence-electron chi connectivity index (χ2n) is 2.53. The van der Waals surface area contributed by atoms with Crippen molar-refractivity contribution in [3.8, 4) is 0 Å². The third-order valence-corrected chi connectivity index (χ3v) is 1.48. The number of aliphatic hydroxyl groups is 1. The van der Waals surface area contributed by atoms with Crippen molar-refractivity contribution in [3.63, 3.8) is 0 Å². The molecule has 0 bridgehead atoms. The molecule has 0 fully saturated rings. The van der Waals surface area contributed by atoms with Crippen molar-refractivity contribution in [3.05, 3.63) is 34.9 Å². The van der Waals surface area contributed by atoms with Crippen LogP contribution in [-0.4, -0.2) is 11.4 Å². The third kappa shape index (κ3) is 1.88. The molecule has 0 amide bonds. The van der Waals surface area contributed by atoms with Gasteiger partial charge in [-0.15, -0.1) is 0 Å². The van der Waals surface area contributed by atoms with Crippen LogP contribution in [0.2, 0.25) is 0 Å². The molecule has 0 aromatic heterocycles. The molecule has 1 aromatic carbocycles. The zero-order valence-electron chi connectivity index (χ0n) is 6.37. The van der Waals surface area contributed by atoms with Gasteiger partial charge < -0.3 is 5.11 Å². The maximum atomic E-state index is 10.3. The van der Waals surface area contributed by atoms with Gasteiger partial charge in [0.2, 0.25) is 0 Å². The Labute approximate surface area is 65.5 Å². The van der Waals surface area contributed by atoms with E-state index in [1.54, 1.807) is 12.1 Å². The summed E-state index contributed by atoms with van der Waals surface area (Å²) in [6.45, 7) is 1.88. The molecule has 58 valence electrons. The zero-order chi connectivity index (χ0) is 8.27. The first kappa shape index (κ1) is 7.95. The van der Waals surface area contributed by atoms with Crippen LogP contribution in [0.3, 0.4) is 0 Å². The molecule has 0 aliphatic carbocycles. The number of hydrogen-bond donors (Lipinski definition) is 1. The van der Waals surface area contributed by atoms with Gasteiger partial charge >= 0.3 is 0 Å². The lowest BCUT2D eigenvalue weighted by molar-refractivity contribution is 0.112. The number of carbonyl (C=O) groups excluding carboxylic acids is 1. The minimum Gasteiger partial charge on any atom is -0.392 e. The molecule has 0 saturated heterocycles. The highest BCUT2D eigenvalue weighted by Gasteiger charge is 1.95. The highest BCUT2D eigenvalue weighted by Crippen LogP contribution is 2.07. The van der Waals surface area contributed by atoms with Crippen molar-refractivity contribution in [2.75, 3.05) is 0 Å². The molecule has 1 rings (SSSR count). The quantitative estimate of drug-likeness (QED) is 0.645. The van der Waals surface area contributed by atoms with E-state index >= 15 is 0 Å². The third-order valence-electron chi connectivity index (χ3n) is 1.48. The Bertz CT molecular complexity index is 266. The molecule has 1 aromatic rings. The van der Waals surface area contributed by atoms with Crippen LogP contribution in [-0.2, 0) is 6.61 Å². The van der Waals surface area contributed by atoms with Gasteiger partial charge in [0.1, 0.15) is 6.29 Å². The summed E-state index contributed by atoms with van der Waals surface area (Å²) in [4.78, 5) is 10.3. The monoisotopic (exact) mass is 150 g/mol. The Morgan fingerprint density at radius 2 is 2.18 bits per heavy atom. The topological polar surface area (TPSA) is 37.3 Å². The molecular weight excluding hydrogens is 140 g/mol. The summed E-state index contributed by atoms with van der Waals surface area (Å²) in [6, 6.07) is 5.32. The molecule has 2 nitrogen and oxygen atoms in total. The largest absolute Gasteiger partial charge is 0.392 e. The van der Waals surface area contributed by atoms with Crippen LogP contribution in [0.1, 0.15) is 21.5 Å². The van der Waals surface area contributed by atoms with Crippen LogP contribution in [0, 0.1) is 6.92 Å². The summed E-state index contributed by atoms with van der Waals surface area (Å²) in [5.74, 6) is 0. The number of aliphatic hydroxyl groups excluding tert-OH is 1. The van der Waals surface area contributed by atoms with E-state index in [1.165, 1.54) is 0 Å². The average Bonchev–Trinajstić information content (AvgIpc) is 2.03. The lowest BCUT2D eigenvalue weighted by atomic mass is 10.1. The number of rotatable bonds is 2. The van der Waals surface area contributed by atoms with Gasteiger partial charge in [0.15, 0.2) is 0 Å². The summed E-state index contributed by atoms with van der Waals surface area (Å²) < 4.78 is 0. The molecule has 0 unspecified atom stereocenters. The number of aryl methyl sites for hydroxylation is 1. The van der Waals surface area contributed by atoms with Crippen LogP contribution in [0.5, 0.6) is 0 Å². The van der Waals surface area contributed by atoms with Crippen molar-refractivity contribution < 1.29 is 9.90 Å². The standard InChI is InChI=1S/C9H10O2/c1-7-2-8(5-10)4-9(3-7)6-11/h2-5,11H,6H2,1H3. The second-order valence-corrected chi connectivity index (χ2v) is 2.53. The number of aldehydes is 1. The van der Waals surface area contributed by atoms with Crippen molar-refractivity contribution in [1.29, 1.82) is 0 Å². The van der Waals surface area contributed by atoms with E-state index in [0.29, 0.717) is 5.56 Å². The van der Waals surface area contributed by atoms with E-state index in [2.05, 4.69) is 0 Å². The molecular formula is C9H10O2. The van der Waals surface area contributed by atoms with Crippen LogP contribution < -0.4 is 0 Å². The van der Waals surface area contributed by atoms with Crippen molar-refractivity contribution in [1.82, 2.24) is 0 Å². The molecule has 0 spiro atoms. The molecule has 2 heteroatoms. The lowest BCUT2D eigenvalue weighted by Gasteiger charge is -1.99. The van der Waals surface area contributed by atoms with Gasteiger partial charge in [-0.05, 0) is 24.6 Å². The maximum Gasteiger partial charge on any atom is 0.150 e. The fraction of sp³-hybridized carbons (Fsp3) is 0.222. The van der Waals surface area contributed by atoms with Gasteiger partial charge in [-0.1, -0.05) is 11.6 Å². The van der Waals surface area contributed by atoms with Crippen LogP contribution in [0.25, 0.3) is 0 Å². The van der Waals surface area contributed by atoms with E-state index in [-0.39, 0.29) is 6.61 Å². The van der Waals surface area contributed by atoms with Crippen molar-refractivity contribution >= 4 is 6.29 Å². The van der Waals surface area contributed by atoms with Gasteiger partial charge in [-0.25, -0.2) is 0 Å².